The van der Waals surface area contributed by atoms with Crippen LogP contribution in [0.5, 0.6) is 0 Å². The van der Waals surface area contributed by atoms with Gasteiger partial charge in [0, 0.05) is 43.9 Å². The van der Waals surface area contributed by atoms with E-state index in [0.717, 1.165) is 38.8 Å². The van der Waals surface area contributed by atoms with Crippen LogP contribution < -0.4 is 10.6 Å². The van der Waals surface area contributed by atoms with Crippen molar-refractivity contribution in [2.45, 2.75) is 45.6 Å². The number of halogens is 1. The van der Waals surface area contributed by atoms with E-state index in [0.29, 0.717) is 36.2 Å². The Morgan fingerprint density at radius 3 is 2.54 bits per heavy atom. The van der Waals surface area contributed by atoms with Gasteiger partial charge in [-0.2, -0.15) is 0 Å². The lowest BCUT2D eigenvalue weighted by atomic mass is 9.91. The molecule has 7 nitrogen and oxygen atoms in total. The number of nitrogens with two attached hydrogens (primary N) is 1. The van der Waals surface area contributed by atoms with Crippen molar-refractivity contribution in [3.63, 3.8) is 0 Å². The van der Waals surface area contributed by atoms with Crippen molar-refractivity contribution in [2.75, 3.05) is 31.1 Å². The summed E-state index contributed by atoms with van der Waals surface area (Å²) >= 11 is 0. The lowest BCUT2D eigenvalue weighted by molar-refractivity contribution is -0.384. The summed E-state index contributed by atoms with van der Waals surface area (Å²) in [6, 6.07) is 4.95. The zero-order valence-electron chi connectivity index (χ0n) is 16.7. The van der Waals surface area contributed by atoms with E-state index in [-0.39, 0.29) is 35.0 Å². The molecule has 2 N–H and O–H groups in total. The smallest absolute Gasteiger partial charge is 0.293 e. The highest BCUT2D eigenvalue weighted by Gasteiger charge is 2.30. The molecule has 0 radical (unpaired) electrons. The maximum atomic E-state index is 13.0. The fraction of sp³-hybridized carbons (Fsp3) is 0.650. The fourth-order valence-corrected chi connectivity index (χ4v) is 4.61. The number of likely N-dealkylation sites (tertiary alicyclic amines) is 1. The summed E-state index contributed by atoms with van der Waals surface area (Å²) < 4.78 is 0. The van der Waals surface area contributed by atoms with Gasteiger partial charge < -0.3 is 15.5 Å². The van der Waals surface area contributed by atoms with Crippen LogP contribution in [0.2, 0.25) is 0 Å². The van der Waals surface area contributed by atoms with E-state index in [4.69, 9.17) is 5.73 Å². The Kier molecular flexibility index (Phi) is 7.66. The standard InChI is InChI=1S/C20H30N4O3.ClH/c1-14-9-15(2)13-22(12-14)18-7-6-16(10-19(18)24(26)27)20(25)23-8-4-3-5-17(23)11-21;/h6-7,10,14-15,17H,3-5,8-9,11-13,21H2,1-2H3;1H. The SMILES string of the molecule is CC1CC(C)CN(c2ccc(C(=O)N3CCCCC3CN)cc2[N+](=O)[O-])C1.Cl. The van der Waals surface area contributed by atoms with Gasteiger partial charge in [-0.25, -0.2) is 0 Å². The van der Waals surface area contributed by atoms with Crippen molar-refractivity contribution in [3.05, 3.63) is 33.9 Å². The molecule has 28 heavy (non-hydrogen) atoms. The maximum Gasteiger partial charge on any atom is 0.293 e. The molecule has 1 aromatic rings. The molecule has 0 spiro atoms. The Morgan fingerprint density at radius 2 is 1.93 bits per heavy atom. The molecular weight excluding hydrogens is 380 g/mol. The lowest BCUT2D eigenvalue weighted by Crippen LogP contribution is -2.47. The second-order valence-electron chi connectivity index (χ2n) is 8.20. The number of nitrogens with zero attached hydrogens (tertiary/aromatic N) is 3. The van der Waals surface area contributed by atoms with Crippen molar-refractivity contribution < 1.29 is 9.72 Å². The van der Waals surface area contributed by atoms with E-state index in [9.17, 15) is 14.9 Å². The molecule has 2 aliphatic heterocycles. The summed E-state index contributed by atoms with van der Waals surface area (Å²) in [7, 11) is 0. The number of nitro benzene ring substituents is 1. The minimum absolute atomic E-state index is 0. The number of benzene rings is 1. The summed E-state index contributed by atoms with van der Waals surface area (Å²) in [4.78, 5) is 28.2. The normalized spacial score (nSPS) is 25.2. The van der Waals surface area contributed by atoms with E-state index >= 15 is 0 Å². The topological polar surface area (TPSA) is 92.7 Å². The molecule has 3 unspecified atom stereocenters. The molecule has 156 valence electrons. The minimum Gasteiger partial charge on any atom is -0.365 e. The molecule has 3 atom stereocenters. The summed E-state index contributed by atoms with van der Waals surface area (Å²) in [5.41, 5.74) is 6.84. The summed E-state index contributed by atoms with van der Waals surface area (Å²) in [5.74, 6) is 0.835. The van der Waals surface area contributed by atoms with E-state index in [1.165, 1.54) is 6.07 Å². The van der Waals surface area contributed by atoms with Gasteiger partial charge in [0.15, 0.2) is 0 Å². The fourth-order valence-electron chi connectivity index (χ4n) is 4.61. The summed E-state index contributed by atoms with van der Waals surface area (Å²) in [6.45, 7) is 7.05. The number of rotatable bonds is 4. The second-order valence-corrected chi connectivity index (χ2v) is 8.20. The van der Waals surface area contributed by atoms with Gasteiger partial charge >= 0.3 is 0 Å². The number of carbonyl (C=O) groups is 1. The highest BCUT2D eigenvalue weighted by molar-refractivity contribution is 5.96. The molecule has 0 aliphatic carbocycles. The van der Waals surface area contributed by atoms with Crippen LogP contribution in [-0.4, -0.2) is 48.0 Å². The van der Waals surface area contributed by atoms with E-state index in [1.807, 2.05) is 0 Å². The average Bonchev–Trinajstić information content (AvgIpc) is 2.66. The number of nitro groups is 1. The second kappa shape index (κ2) is 9.56. The van der Waals surface area contributed by atoms with Gasteiger partial charge in [-0.1, -0.05) is 13.8 Å². The predicted molar refractivity (Wildman–Crippen MR) is 113 cm³/mol. The Bertz CT molecular complexity index is 705. The molecule has 3 rings (SSSR count). The van der Waals surface area contributed by atoms with Gasteiger partial charge in [0.05, 0.1) is 4.92 Å². The largest absolute Gasteiger partial charge is 0.365 e. The number of piperidine rings is 2. The van der Waals surface area contributed by atoms with Gasteiger partial charge in [-0.15, -0.1) is 12.4 Å². The number of hydrogen-bond acceptors (Lipinski definition) is 5. The molecule has 2 fully saturated rings. The van der Waals surface area contributed by atoms with Crippen LogP contribution in [0.15, 0.2) is 18.2 Å². The summed E-state index contributed by atoms with van der Waals surface area (Å²) in [6.07, 6.45) is 4.05. The van der Waals surface area contributed by atoms with Crippen LogP contribution in [-0.2, 0) is 0 Å². The van der Waals surface area contributed by atoms with Crippen LogP contribution in [0, 0.1) is 22.0 Å². The van der Waals surface area contributed by atoms with Crippen molar-refractivity contribution in [1.29, 1.82) is 0 Å². The molecule has 0 aromatic heterocycles. The zero-order valence-corrected chi connectivity index (χ0v) is 17.5. The number of amides is 1. The first-order valence-corrected chi connectivity index (χ1v) is 9.95. The Morgan fingerprint density at radius 1 is 1.25 bits per heavy atom. The zero-order chi connectivity index (χ0) is 19.6. The van der Waals surface area contributed by atoms with E-state index < -0.39 is 0 Å². The maximum absolute atomic E-state index is 13.0. The van der Waals surface area contributed by atoms with Gasteiger partial charge in [0.25, 0.3) is 11.6 Å². The Hall–Kier alpha value is -1.86. The number of hydrogen-bond donors (Lipinski definition) is 1. The predicted octanol–water partition coefficient (Wildman–Crippen LogP) is 3.45. The number of carbonyl (C=O) groups excluding carboxylic acids is 1. The van der Waals surface area contributed by atoms with Crippen LogP contribution in [0.4, 0.5) is 11.4 Å². The third-order valence-corrected chi connectivity index (χ3v) is 5.79. The van der Waals surface area contributed by atoms with Crippen molar-refractivity contribution >= 4 is 29.7 Å². The molecule has 0 bridgehead atoms. The van der Waals surface area contributed by atoms with Gasteiger partial charge in [0.1, 0.15) is 5.69 Å². The van der Waals surface area contributed by atoms with Crippen LogP contribution >= 0.6 is 12.4 Å². The third kappa shape index (κ3) is 4.75. The number of anilines is 1. The Balaban J connectivity index is 0.00000280. The first-order valence-electron chi connectivity index (χ1n) is 9.95. The first-order chi connectivity index (χ1) is 12.9. The molecule has 8 heteroatoms. The van der Waals surface area contributed by atoms with Crippen molar-refractivity contribution in [1.82, 2.24) is 4.90 Å². The van der Waals surface area contributed by atoms with Crippen LogP contribution in [0.1, 0.15) is 49.9 Å². The molecular formula is C20H31ClN4O3. The molecule has 1 aromatic carbocycles. The van der Waals surface area contributed by atoms with Crippen LogP contribution in [0.25, 0.3) is 0 Å². The molecule has 1 amide bonds. The Labute approximate surface area is 172 Å². The molecule has 2 aliphatic rings. The van der Waals surface area contributed by atoms with Gasteiger partial charge in [-0.05, 0) is 49.7 Å². The van der Waals surface area contributed by atoms with Gasteiger partial charge in [0.2, 0.25) is 0 Å². The molecule has 2 saturated heterocycles. The monoisotopic (exact) mass is 410 g/mol. The summed E-state index contributed by atoms with van der Waals surface area (Å²) in [5, 5.41) is 11.7. The van der Waals surface area contributed by atoms with Crippen molar-refractivity contribution in [3.8, 4) is 0 Å². The average molecular weight is 411 g/mol. The van der Waals surface area contributed by atoms with E-state index in [1.54, 1.807) is 17.0 Å². The molecule has 2 heterocycles. The molecule has 0 saturated carbocycles. The van der Waals surface area contributed by atoms with Crippen LogP contribution in [0.3, 0.4) is 0 Å². The first kappa shape index (κ1) is 22.4. The third-order valence-electron chi connectivity index (χ3n) is 5.79. The lowest BCUT2D eigenvalue weighted by Gasteiger charge is -2.36. The quantitative estimate of drug-likeness (QED) is 0.606. The highest BCUT2D eigenvalue weighted by Crippen LogP contribution is 2.34. The van der Waals surface area contributed by atoms with E-state index in [2.05, 4.69) is 18.7 Å². The van der Waals surface area contributed by atoms with Crippen molar-refractivity contribution in [2.24, 2.45) is 17.6 Å². The highest BCUT2D eigenvalue weighted by atomic mass is 35.5. The van der Waals surface area contributed by atoms with Gasteiger partial charge in [-0.3, -0.25) is 14.9 Å². The minimum atomic E-state index is -0.368.